The van der Waals surface area contributed by atoms with Crippen molar-refractivity contribution in [3.8, 4) is 11.5 Å². The van der Waals surface area contributed by atoms with Gasteiger partial charge in [0.15, 0.2) is 11.5 Å². The molecule has 0 saturated carbocycles. The topological polar surface area (TPSA) is 60.5 Å². The van der Waals surface area contributed by atoms with Crippen LogP contribution in [0.2, 0.25) is 0 Å². The summed E-state index contributed by atoms with van der Waals surface area (Å²) in [5, 5.41) is 2.78. The summed E-state index contributed by atoms with van der Waals surface area (Å²) in [6, 6.07) is 6.86. The molecule has 1 amide bonds. The number of halogens is 1. The molecule has 6 heteroatoms. The Kier molecular flexibility index (Phi) is 4.57. The van der Waals surface area contributed by atoms with Gasteiger partial charge in [0.25, 0.3) is 5.91 Å². The SMILES string of the molecule is COc1ccc(NC(=O)c2cncc(Br)c2)cc1OC. The highest BCUT2D eigenvalue weighted by atomic mass is 79.9. The maximum absolute atomic E-state index is 12.1. The van der Waals surface area contributed by atoms with Crippen LogP contribution < -0.4 is 14.8 Å². The van der Waals surface area contributed by atoms with E-state index in [0.717, 1.165) is 4.47 Å². The maximum atomic E-state index is 12.1. The van der Waals surface area contributed by atoms with Crippen LogP contribution >= 0.6 is 15.9 Å². The number of carbonyl (C=O) groups excluding carboxylic acids is 1. The second-order valence-electron chi connectivity index (χ2n) is 3.92. The molecule has 1 aromatic carbocycles. The summed E-state index contributed by atoms with van der Waals surface area (Å²) in [4.78, 5) is 16.0. The van der Waals surface area contributed by atoms with Crippen molar-refractivity contribution in [1.82, 2.24) is 4.98 Å². The molecule has 2 rings (SSSR count). The number of amides is 1. The van der Waals surface area contributed by atoms with Crippen LogP contribution in [0, 0.1) is 0 Å². The van der Waals surface area contributed by atoms with Crippen LogP contribution in [0.15, 0.2) is 41.1 Å². The zero-order valence-corrected chi connectivity index (χ0v) is 12.6. The highest BCUT2D eigenvalue weighted by Gasteiger charge is 2.09. The molecule has 0 atom stereocenters. The lowest BCUT2D eigenvalue weighted by molar-refractivity contribution is 0.102. The Hall–Kier alpha value is -2.08. The molecule has 1 aromatic heterocycles. The largest absolute Gasteiger partial charge is 0.493 e. The summed E-state index contributed by atoms with van der Waals surface area (Å²) in [6.45, 7) is 0. The van der Waals surface area contributed by atoms with Crippen LogP contribution in [0.5, 0.6) is 11.5 Å². The molecule has 0 aliphatic carbocycles. The van der Waals surface area contributed by atoms with E-state index in [2.05, 4.69) is 26.2 Å². The number of pyridine rings is 1. The number of benzene rings is 1. The second-order valence-corrected chi connectivity index (χ2v) is 4.83. The average molecular weight is 337 g/mol. The van der Waals surface area contributed by atoms with Crippen LogP contribution in [0.25, 0.3) is 0 Å². The van der Waals surface area contributed by atoms with E-state index >= 15 is 0 Å². The van der Waals surface area contributed by atoms with Gasteiger partial charge in [-0.05, 0) is 34.1 Å². The third-order valence-electron chi connectivity index (χ3n) is 2.61. The fourth-order valence-corrected chi connectivity index (χ4v) is 2.02. The zero-order chi connectivity index (χ0) is 14.5. The lowest BCUT2D eigenvalue weighted by atomic mass is 10.2. The quantitative estimate of drug-likeness (QED) is 0.931. The predicted molar refractivity (Wildman–Crippen MR) is 79.4 cm³/mol. The van der Waals surface area contributed by atoms with Crippen molar-refractivity contribution < 1.29 is 14.3 Å². The standard InChI is InChI=1S/C14H13BrN2O3/c1-19-12-4-3-11(6-13(12)20-2)17-14(18)9-5-10(15)8-16-7-9/h3-8H,1-2H3,(H,17,18). The Bertz CT molecular complexity index is 632. The van der Waals surface area contributed by atoms with Crippen molar-refractivity contribution in [3.05, 3.63) is 46.7 Å². The van der Waals surface area contributed by atoms with Crippen molar-refractivity contribution in [2.24, 2.45) is 0 Å². The van der Waals surface area contributed by atoms with Crippen molar-refractivity contribution in [1.29, 1.82) is 0 Å². The van der Waals surface area contributed by atoms with Gasteiger partial charge in [0.1, 0.15) is 0 Å². The van der Waals surface area contributed by atoms with E-state index in [0.29, 0.717) is 22.7 Å². The summed E-state index contributed by atoms with van der Waals surface area (Å²) in [7, 11) is 3.10. The molecule has 0 unspecified atom stereocenters. The minimum atomic E-state index is -0.244. The van der Waals surface area contributed by atoms with Gasteiger partial charge in [-0.25, -0.2) is 0 Å². The fraction of sp³-hybridized carbons (Fsp3) is 0.143. The first-order chi connectivity index (χ1) is 9.63. The first-order valence-corrected chi connectivity index (χ1v) is 6.57. The Labute approximate surface area is 125 Å². The molecule has 0 spiro atoms. The van der Waals surface area contributed by atoms with Gasteiger partial charge in [-0.15, -0.1) is 0 Å². The molecule has 0 aliphatic rings. The number of nitrogens with zero attached hydrogens (tertiary/aromatic N) is 1. The van der Waals surface area contributed by atoms with E-state index in [1.165, 1.54) is 6.20 Å². The highest BCUT2D eigenvalue weighted by Crippen LogP contribution is 2.29. The highest BCUT2D eigenvalue weighted by molar-refractivity contribution is 9.10. The van der Waals surface area contributed by atoms with Gasteiger partial charge in [-0.3, -0.25) is 9.78 Å². The van der Waals surface area contributed by atoms with Crippen LogP contribution in [-0.4, -0.2) is 25.1 Å². The van der Waals surface area contributed by atoms with Crippen molar-refractivity contribution >= 4 is 27.5 Å². The molecule has 5 nitrogen and oxygen atoms in total. The Balaban J connectivity index is 2.19. The van der Waals surface area contributed by atoms with Crippen LogP contribution in [0.1, 0.15) is 10.4 Å². The lowest BCUT2D eigenvalue weighted by Gasteiger charge is -2.10. The van der Waals surface area contributed by atoms with Gasteiger partial charge >= 0.3 is 0 Å². The molecular formula is C14H13BrN2O3. The molecule has 0 radical (unpaired) electrons. The third kappa shape index (κ3) is 3.27. The molecule has 1 heterocycles. The molecule has 104 valence electrons. The maximum Gasteiger partial charge on any atom is 0.257 e. The van der Waals surface area contributed by atoms with Gasteiger partial charge < -0.3 is 14.8 Å². The number of nitrogens with one attached hydrogen (secondary N) is 1. The summed E-state index contributed by atoms with van der Waals surface area (Å²) in [6.07, 6.45) is 3.12. The Morgan fingerprint density at radius 2 is 1.90 bits per heavy atom. The summed E-state index contributed by atoms with van der Waals surface area (Å²) < 4.78 is 11.1. The number of rotatable bonds is 4. The fourth-order valence-electron chi connectivity index (χ4n) is 1.65. The zero-order valence-electron chi connectivity index (χ0n) is 11.0. The number of ether oxygens (including phenoxy) is 2. The first-order valence-electron chi connectivity index (χ1n) is 5.78. The smallest absolute Gasteiger partial charge is 0.257 e. The second kappa shape index (κ2) is 6.38. The van der Waals surface area contributed by atoms with E-state index in [-0.39, 0.29) is 5.91 Å². The molecule has 0 fully saturated rings. The van der Waals surface area contributed by atoms with Crippen molar-refractivity contribution in [2.75, 3.05) is 19.5 Å². The average Bonchev–Trinajstić information content (AvgIpc) is 2.47. The number of methoxy groups -OCH3 is 2. The molecular weight excluding hydrogens is 324 g/mol. The summed E-state index contributed by atoms with van der Waals surface area (Å²) in [5.41, 5.74) is 1.08. The molecule has 20 heavy (non-hydrogen) atoms. The Morgan fingerprint density at radius 1 is 1.15 bits per heavy atom. The van der Waals surface area contributed by atoms with Gasteiger partial charge in [-0.2, -0.15) is 0 Å². The molecule has 0 aliphatic heterocycles. The third-order valence-corrected chi connectivity index (χ3v) is 3.04. The van der Waals surface area contributed by atoms with Gasteiger partial charge in [0, 0.05) is 28.6 Å². The minimum Gasteiger partial charge on any atom is -0.493 e. The van der Waals surface area contributed by atoms with Crippen LogP contribution in [0.4, 0.5) is 5.69 Å². The predicted octanol–water partition coefficient (Wildman–Crippen LogP) is 3.11. The molecule has 0 saturated heterocycles. The molecule has 2 aromatic rings. The minimum absolute atomic E-state index is 0.244. The van der Waals surface area contributed by atoms with E-state index in [4.69, 9.17) is 9.47 Å². The summed E-state index contributed by atoms with van der Waals surface area (Å²) >= 11 is 3.28. The number of aromatic nitrogens is 1. The van der Waals surface area contributed by atoms with Gasteiger partial charge in [0.05, 0.1) is 19.8 Å². The number of hydrogen-bond donors (Lipinski definition) is 1. The number of carbonyl (C=O) groups is 1. The van der Waals surface area contributed by atoms with E-state index < -0.39 is 0 Å². The normalized spacial score (nSPS) is 9.95. The monoisotopic (exact) mass is 336 g/mol. The van der Waals surface area contributed by atoms with E-state index in [1.807, 2.05) is 0 Å². The van der Waals surface area contributed by atoms with E-state index in [9.17, 15) is 4.79 Å². The number of anilines is 1. The van der Waals surface area contributed by atoms with Gasteiger partial charge in [-0.1, -0.05) is 0 Å². The van der Waals surface area contributed by atoms with Crippen LogP contribution in [-0.2, 0) is 0 Å². The van der Waals surface area contributed by atoms with Crippen LogP contribution in [0.3, 0.4) is 0 Å². The lowest BCUT2D eigenvalue weighted by Crippen LogP contribution is -2.12. The van der Waals surface area contributed by atoms with Crippen molar-refractivity contribution in [2.45, 2.75) is 0 Å². The van der Waals surface area contributed by atoms with Crippen molar-refractivity contribution in [3.63, 3.8) is 0 Å². The number of hydrogen-bond acceptors (Lipinski definition) is 4. The first kappa shape index (κ1) is 14.3. The summed E-state index contributed by atoms with van der Waals surface area (Å²) in [5.74, 6) is 0.915. The molecule has 0 bridgehead atoms. The molecule has 1 N–H and O–H groups in total. The van der Waals surface area contributed by atoms with Gasteiger partial charge in [0.2, 0.25) is 0 Å². The Morgan fingerprint density at radius 3 is 2.55 bits per heavy atom. The van der Waals surface area contributed by atoms with E-state index in [1.54, 1.807) is 44.7 Å².